The number of thiophene rings is 1. The summed E-state index contributed by atoms with van der Waals surface area (Å²) in [4.78, 5) is 1.01. The first-order valence-electron chi connectivity index (χ1n) is 6.24. The molecule has 3 rings (SSSR count). The molecule has 0 amide bonds. The smallest absolute Gasteiger partial charge is 0.162 e. The van der Waals surface area contributed by atoms with Gasteiger partial charge in [0.25, 0.3) is 0 Å². The number of halogens is 4. The summed E-state index contributed by atoms with van der Waals surface area (Å²) in [6.45, 7) is 1.27. The second-order valence-corrected chi connectivity index (χ2v) is 8.60. The van der Waals surface area contributed by atoms with Crippen molar-refractivity contribution in [3.8, 4) is 11.5 Å². The summed E-state index contributed by atoms with van der Waals surface area (Å²) in [5.41, 5.74) is 0.823. The highest BCUT2D eigenvalue weighted by Crippen LogP contribution is 2.45. The van der Waals surface area contributed by atoms with Crippen molar-refractivity contribution in [1.82, 2.24) is 0 Å². The maximum Gasteiger partial charge on any atom is 0.162 e. The van der Waals surface area contributed by atoms with Gasteiger partial charge in [-0.1, -0.05) is 11.6 Å². The van der Waals surface area contributed by atoms with Gasteiger partial charge >= 0.3 is 0 Å². The van der Waals surface area contributed by atoms with E-state index in [1.165, 1.54) is 0 Å². The number of rotatable bonds is 2. The van der Waals surface area contributed by atoms with Crippen molar-refractivity contribution in [2.24, 2.45) is 0 Å². The Balaban J connectivity index is 1.99. The Hall–Kier alpha value is 0.0600. The third-order valence-electron chi connectivity index (χ3n) is 3.05. The summed E-state index contributed by atoms with van der Waals surface area (Å²) in [7, 11) is 0. The van der Waals surface area contributed by atoms with Crippen molar-refractivity contribution < 1.29 is 9.47 Å². The Bertz CT molecular complexity index is 656. The van der Waals surface area contributed by atoms with Crippen molar-refractivity contribution in [2.45, 2.75) is 11.8 Å². The summed E-state index contributed by atoms with van der Waals surface area (Å²) in [6, 6.07) is 5.65. The zero-order chi connectivity index (χ0) is 15.0. The molecule has 0 saturated heterocycles. The van der Waals surface area contributed by atoms with E-state index in [9.17, 15) is 0 Å². The minimum Gasteiger partial charge on any atom is -0.490 e. The van der Waals surface area contributed by atoms with E-state index >= 15 is 0 Å². The summed E-state index contributed by atoms with van der Waals surface area (Å²) in [5, 5.41) is 0.252. The highest BCUT2D eigenvalue weighted by Gasteiger charge is 2.22. The molecule has 0 saturated carbocycles. The number of hydrogen-bond acceptors (Lipinski definition) is 3. The molecule has 1 aromatic heterocycles. The molecule has 112 valence electrons. The molecule has 7 heteroatoms. The van der Waals surface area contributed by atoms with E-state index in [0.717, 1.165) is 25.1 Å². The van der Waals surface area contributed by atoms with Crippen molar-refractivity contribution >= 4 is 66.4 Å². The molecule has 2 aromatic rings. The van der Waals surface area contributed by atoms with Gasteiger partial charge in [-0.15, -0.1) is 22.9 Å². The van der Waals surface area contributed by atoms with Crippen molar-refractivity contribution in [3.05, 3.63) is 41.9 Å². The molecule has 2 nitrogen and oxygen atoms in total. The third kappa shape index (κ3) is 3.37. The van der Waals surface area contributed by atoms with E-state index in [4.69, 9.17) is 32.7 Å². The molecule has 0 radical (unpaired) electrons. The standard InChI is InChI=1S/C14H10Br2Cl2O2S/c15-8-5-12(21-14(8)16)13(18)7-4-10-11(6-9(7)17)20-3-1-2-19-10/h4-6,13H,1-3H2. The van der Waals surface area contributed by atoms with Crippen LogP contribution in [0.25, 0.3) is 0 Å². The molecule has 0 fully saturated rings. The van der Waals surface area contributed by atoms with Crippen LogP contribution in [0.2, 0.25) is 5.02 Å². The van der Waals surface area contributed by atoms with E-state index in [0.29, 0.717) is 29.7 Å². The lowest BCUT2D eigenvalue weighted by molar-refractivity contribution is 0.297. The fourth-order valence-corrected chi connectivity index (χ4v) is 4.82. The van der Waals surface area contributed by atoms with Gasteiger partial charge in [0.05, 0.1) is 22.4 Å². The predicted octanol–water partition coefficient (Wildman–Crippen LogP) is 6.42. The van der Waals surface area contributed by atoms with Crippen LogP contribution < -0.4 is 9.47 Å². The fourth-order valence-electron chi connectivity index (χ4n) is 2.04. The Morgan fingerprint density at radius 1 is 1.10 bits per heavy atom. The topological polar surface area (TPSA) is 18.5 Å². The molecule has 0 spiro atoms. The second-order valence-electron chi connectivity index (χ2n) is 4.50. The Kier molecular flexibility index (Phi) is 5.06. The van der Waals surface area contributed by atoms with Crippen molar-refractivity contribution in [1.29, 1.82) is 0 Å². The zero-order valence-corrected chi connectivity index (χ0v) is 16.2. The fraction of sp³-hybridized carbons (Fsp3) is 0.286. The predicted molar refractivity (Wildman–Crippen MR) is 94.5 cm³/mol. The van der Waals surface area contributed by atoms with Gasteiger partial charge in [-0.25, -0.2) is 0 Å². The number of fused-ring (bicyclic) bond motifs is 1. The summed E-state index contributed by atoms with van der Waals surface area (Å²) >= 11 is 21.5. The summed E-state index contributed by atoms with van der Waals surface area (Å²) < 4.78 is 13.3. The van der Waals surface area contributed by atoms with Gasteiger partial charge in [-0.05, 0) is 49.6 Å². The quantitative estimate of drug-likeness (QED) is 0.470. The number of hydrogen-bond donors (Lipinski definition) is 0. The first-order chi connectivity index (χ1) is 10.1. The normalized spacial score (nSPS) is 15.6. The van der Waals surface area contributed by atoms with Gasteiger partial charge in [0.1, 0.15) is 0 Å². The largest absolute Gasteiger partial charge is 0.490 e. The SMILES string of the molecule is Clc1cc2c(cc1C(Cl)c1cc(Br)c(Br)s1)OCCCO2. The van der Waals surface area contributed by atoms with Crippen LogP contribution in [-0.4, -0.2) is 13.2 Å². The number of ether oxygens (including phenoxy) is 2. The Morgan fingerprint density at radius 2 is 1.76 bits per heavy atom. The zero-order valence-electron chi connectivity index (χ0n) is 10.7. The van der Waals surface area contributed by atoms with E-state index in [2.05, 4.69) is 31.9 Å². The average Bonchev–Trinajstić information content (AvgIpc) is 2.66. The van der Waals surface area contributed by atoms with Crippen molar-refractivity contribution in [3.63, 3.8) is 0 Å². The molecular formula is C14H10Br2Cl2O2S. The van der Waals surface area contributed by atoms with Crippen LogP contribution in [0.15, 0.2) is 26.5 Å². The molecule has 2 heterocycles. The maximum absolute atomic E-state index is 6.59. The van der Waals surface area contributed by atoms with E-state index in [1.807, 2.05) is 12.1 Å². The van der Waals surface area contributed by atoms with Crippen molar-refractivity contribution in [2.75, 3.05) is 13.2 Å². The van der Waals surface area contributed by atoms with Gasteiger partial charge in [0.2, 0.25) is 0 Å². The minimum atomic E-state index is -0.331. The number of alkyl halides is 1. The molecule has 1 aliphatic rings. The van der Waals surface area contributed by atoms with Crippen LogP contribution >= 0.6 is 66.4 Å². The third-order valence-corrected chi connectivity index (χ3v) is 7.30. The van der Waals surface area contributed by atoms with Crippen LogP contribution in [0.3, 0.4) is 0 Å². The molecule has 1 unspecified atom stereocenters. The lowest BCUT2D eigenvalue weighted by Crippen LogP contribution is -1.97. The molecule has 0 N–H and O–H groups in total. The molecule has 1 aliphatic heterocycles. The highest BCUT2D eigenvalue weighted by atomic mass is 79.9. The van der Waals surface area contributed by atoms with Gasteiger partial charge in [0, 0.05) is 26.9 Å². The van der Waals surface area contributed by atoms with Crippen LogP contribution in [0.1, 0.15) is 22.2 Å². The molecule has 1 atom stereocenters. The number of benzene rings is 1. The first kappa shape index (κ1) is 15.9. The second kappa shape index (κ2) is 6.67. The molecule has 0 aliphatic carbocycles. The van der Waals surface area contributed by atoms with Gasteiger partial charge < -0.3 is 9.47 Å². The van der Waals surface area contributed by atoms with Crippen LogP contribution in [0.5, 0.6) is 11.5 Å². The Morgan fingerprint density at radius 3 is 2.38 bits per heavy atom. The van der Waals surface area contributed by atoms with Crippen LogP contribution in [0, 0.1) is 0 Å². The average molecular weight is 473 g/mol. The van der Waals surface area contributed by atoms with E-state index in [-0.39, 0.29) is 5.38 Å². The lowest BCUT2D eigenvalue weighted by atomic mass is 10.1. The van der Waals surface area contributed by atoms with Gasteiger partial charge in [-0.3, -0.25) is 0 Å². The van der Waals surface area contributed by atoms with E-state index in [1.54, 1.807) is 17.4 Å². The molecular weight excluding hydrogens is 463 g/mol. The van der Waals surface area contributed by atoms with Gasteiger partial charge in [-0.2, -0.15) is 0 Å². The lowest BCUT2D eigenvalue weighted by Gasteiger charge is -2.14. The molecule has 1 aromatic carbocycles. The monoisotopic (exact) mass is 470 g/mol. The highest BCUT2D eigenvalue weighted by molar-refractivity contribution is 9.13. The summed E-state index contributed by atoms with van der Waals surface area (Å²) in [5.74, 6) is 1.38. The minimum absolute atomic E-state index is 0.331. The van der Waals surface area contributed by atoms with Crippen LogP contribution in [-0.2, 0) is 0 Å². The Labute approximate surface area is 153 Å². The first-order valence-corrected chi connectivity index (χ1v) is 9.46. The molecule has 0 bridgehead atoms. The molecule has 21 heavy (non-hydrogen) atoms. The summed E-state index contributed by atoms with van der Waals surface area (Å²) in [6.07, 6.45) is 0.858. The van der Waals surface area contributed by atoms with Crippen LogP contribution in [0.4, 0.5) is 0 Å². The van der Waals surface area contributed by atoms with E-state index < -0.39 is 0 Å². The van der Waals surface area contributed by atoms with Gasteiger partial charge in [0.15, 0.2) is 11.5 Å². The maximum atomic E-state index is 6.59.